The number of carbonyl (C=O) groups excluding carboxylic acids is 4. The van der Waals surface area contributed by atoms with Crippen LogP contribution in [-0.4, -0.2) is 246 Å². The van der Waals surface area contributed by atoms with Crippen LogP contribution in [0.3, 0.4) is 0 Å². The number of aliphatic hydroxyl groups is 1. The van der Waals surface area contributed by atoms with Crippen molar-refractivity contribution >= 4 is 194 Å². The number of halogens is 1. The van der Waals surface area contributed by atoms with Gasteiger partial charge in [0.2, 0.25) is 34.0 Å². The van der Waals surface area contributed by atoms with Crippen molar-refractivity contribution in [2.75, 3.05) is 135 Å². The molecule has 51 nitrogen and oxygen atoms in total. The molecule has 0 aliphatic carbocycles. The number of fused-ring (bicyclic) bond motifs is 10. The molecule has 0 saturated carbocycles. The number of H-pyrrole nitrogens is 1. The number of nitrogens with one attached hydrogen (secondary N) is 2. The van der Waals surface area contributed by atoms with Crippen LogP contribution >= 0.6 is 74.7 Å². The van der Waals surface area contributed by atoms with E-state index in [1.54, 1.807) is 4.57 Å². The Bertz CT molecular complexity index is 7330. The van der Waals surface area contributed by atoms with Gasteiger partial charge >= 0.3 is 23.9 Å². The predicted octanol–water partition coefficient (Wildman–Crippen LogP) is 8.98. The quantitative estimate of drug-likeness (QED) is 0.00520. The number of nitrogens with zero attached hydrogens (tertiary/aromatic N) is 19. The fraction of sp³-hybridized carbons (Fsp3) is 0.330. The maximum atomic E-state index is 11.3. The average Bonchev–Trinajstić information content (AvgIpc) is 1.64. The number of hydrogen-bond donors (Lipinski definition) is 11. The highest BCUT2D eigenvalue weighted by Gasteiger charge is 2.28. The van der Waals surface area contributed by atoms with E-state index < -0.39 is 10.1 Å². The minimum absolute atomic E-state index is 0.0248. The van der Waals surface area contributed by atoms with Gasteiger partial charge in [-0.3, -0.25) is 27.9 Å². The highest BCUT2D eigenvalue weighted by atomic mass is 79.9. The minimum Gasteiger partial charge on any atom is -0.469 e. The zero-order valence-corrected chi connectivity index (χ0v) is 86.4. The van der Waals surface area contributed by atoms with E-state index >= 15 is 0 Å². The lowest BCUT2D eigenvalue weighted by molar-refractivity contribution is -0.142. The number of aromatic amines is 1. The van der Waals surface area contributed by atoms with E-state index in [-0.39, 0.29) is 90.0 Å². The van der Waals surface area contributed by atoms with Crippen molar-refractivity contribution in [2.24, 2.45) is 11.6 Å². The molecule has 18 N–H and O–H groups in total. The Kier molecular flexibility index (Phi) is 38.4. The molecular weight excluding hydrogens is 2090 g/mol. The Labute approximate surface area is 861 Å². The van der Waals surface area contributed by atoms with E-state index in [4.69, 9.17) is 95.9 Å². The van der Waals surface area contributed by atoms with Gasteiger partial charge in [-0.1, -0.05) is 74.7 Å². The summed E-state index contributed by atoms with van der Waals surface area (Å²) in [6.07, 6.45) is 8.60. The monoisotopic (exact) mass is 2190 g/mol. The Morgan fingerprint density at radius 2 is 0.733 bits per heavy atom. The van der Waals surface area contributed by atoms with Gasteiger partial charge < -0.3 is 135 Å². The molecule has 5 aliphatic rings. The Balaban J connectivity index is 0.000000147. The maximum Gasteiger partial charge on any atom is 0.306 e. The first-order chi connectivity index (χ1) is 70.4. The summed E-state index contributed by atoms with van der Waals surface area (Å²) in [7, 11) is -0.827. The molecule has 0 amide bonds. The SMILES string of the molecule is CC(=O)OCCBr.CC(=O)OCCn1c(Sc2cc3c(cc2C)OCO3)nc2c(N)ncnc21.COC(=O)CCN.COC(=O)CCNCCn1c(Sc2cc3c(cc2C)OCO3)nc2c(N)ncnc21.Cc1cc2c(cc1Sc1nc3c(N)ncnc3n1CCO)OCO2.Cc1cc2c(cc1Sc1nc3c(N)ncnc3n1CCOS(C)(=O)=O)OCO2.Cc1cc2c(cc1Sc1nc3ncnc(N)c3[nH]1)OCO2.NO. The largest absolute Gasteiger partial charge is 0.469 e. The van der Waals surface area contributed by atoms with Gasteiger partial charge in [-0.05, 0) is 123 Å². The normalized spacial score (nSPS) is 12.3. The maximum absolute atomic E-state index is 11.3. The molecule has 5 aromatic carbocycles. The smallest absolute Gasteiger partial charge is 0.306 e. The molecule has 774 valence electrons. The third-order valence-corrected chi connectivity index (χ3v) is 27.1. The number of anilines is 5. The lowest BCUT2D eigenvalue weighted by Crippen LogP contribution is -2.23. The molecule has 15 aromatic rings. The van der Waals surface area contributed by atoms with Crippen molar-refractivity contribution in [1.29, 1.82) is 0 Å². The summed E-state index contributed by atoms with van der Waals surface area (Å²) < 4.78 is 108. The molecule has 10 aromatic heterocycles. The summed E-state index contributed by atoms with van der Waals surface area (Å²) in [5.41, 5.74) is 45.5. The molecule has 0 atom stereocenters. The van der Waals surface area contributed by atoms with Gasteiger partial charge in [-0.15, -0.1) is 0 Å². The molecule has 5 aliphatic heterocycles. The summed E-state index contributed by atoms with van der Waals surface area (Å²) in [4.78, 5) is 114. The molecule has 15 heterocycles. The minimum atomic E-state index is -3.55. The van der Waals surface area contributed by atoms with Crippen LogP contribution in [0.5, 0.6) is 57.5 Å². The van der Waals surface area contributed by atoms with Crippen molar-refractivity contribution in [1.82, 2.24) is 103 Å². The van der Waals surface area contributed by atoms with Crippen molar-refractivity contribution in [2.45, 2.75) is 138 Å². The second-order valence-electron chi connectivity index (χ2n) is 30.6. The zero-order valence-electron chi connectivity index (χ0n) is 79.9. The van der Waals surface area contributed by atoms with E-state index in [0.29, 0.717) is 187 Å². The number of nitrogens with two attached hydrogens (primary N) is 7. The van der Waals surface area contributed by atoms with Crippen LogP contribution in [0, 0.1) is 34.6 Å². The Hall–Kier alpha value is -14.3. The van der Waals surface area contributed by atoms with Gasteiger partial charge in [0.25, 0.3) is 10.1 Å². The number of ether oxygens (including phenoxy) is 14. The van der Waals surface area contributed by atoms with Gasteiger partial charge in [0.1, 0.15) is 50.4 Å². The molecule has 0 unspecified atom stereocenters. The van der Waals surface area contributed by atoms with E-state index in [9.17, 15) is 32.7 Å². The second-order valence-corrected chi connectivity index (χ2v) is 38.1. The number of esters is 4. The predicted molar refractivity (Wildman–Crippen MR) is 538 cm³/mol. The lowest BCUT2D eigenvalue weighted by Gasteiger charge is -2.11. The highest BCUT2D eigenvalue weighted by Crippen LogP contribution is 2.47. The number of aromatic nitrogens is 20. The number of alkyl halides is 1. The second kappa shape index (κ2) is 51.4. The number of aliphatic hydroxyl groups excluding tert-OH is 1. The highest BCUT2D eigenvalue weighted by molar-refractivity contribution is 9.09. The molecule has 20 rings (SSSR count). The first-order valence-corrected chi connectivity index (χ1v) is 50.7. The summed E-state index contributed by atoms with van der Waals surface area (Å²) in [5, 5.41) is 23.2. The molecule has 0 saturated heterocycles. The number of hydrogen-bond acceptors (Lipinski definition) is 51. The standard InChI is InChI=1S/C19H22N6O4S.C17H17N5O4S.C16H17N5O5S2.C15H15N5O3S.C13H11N5O2S.C4H7BrO2.C4H9NO2.H3NO/c1-11-7-12-13(29-10-28-12)8-14(11)30-19-24-16-17(20)22-9-23-18(16)25(19)6-5-21-4-3-15(26)27-2;1-9-5-11-12(26-8-25-11)6-13(9)27-17-21-14-15(18)19-7-20-16(14)22(17)3-4-24-10(2)23;1-9-5-10-11(25-8-24-10)6-12(9)27-16-20-13-14(17)18-7-19-15(13)21(16)3-4-26-28(2,22)23;1-8-4-9-10(23-7-22-9)5-11(8)24-15-19-12-13(16)17-6-18-14(12)20(15)2-3-21;1-6-2-7-8(20-5-19-7)3-9(6)21-13-17-10-11(14)15-4-16-12(10)18-13;1-4(6)7-3-2-5;1-7-4(6)2-3-5;1-2/h7-9,21H,3-6,10H2,1-2H3,(H2,20,22,23);5-7H,3-4,8H2,1-2H3,(H2,18,19,20);5-7H,3-4,8H2,1-2H3,(H2,17,18,19);4-6,21H,2-3,7H2,1H3,(H2,16,17,18);2-4H,5H2,1H3,(H3,14,15,16,17,18);2-3H2,1H3;2-3,5H2,1H3;2H,1H2. The number of rotatable bonds is 29. The summed E-state index contributed by atoms with van der Waals surface area (Å²) in [6, 6.07) is 19.3. The first kappa shape index (κ1) is 109. The Morgan fingerprint density at radius 3 is 1.04 bits per heavy atom. The van der Waals surface area contributed by atoms with Crippen LogP contribution in [-0.2, 0) is 78.6 Å². The number of carbonyl (C=O) groups is 4. The van der Waals surface area contributed by atoms with E-state index in [1.807, 2.05) is 109 Å². The molecule has 0 fully saturated rings. The average molecular weight is 2190 g/mol. The zero-order chi connectivity index (χ0) is 104. The van der Waals surface area contributed by atoms with Crippen LogP contribution in [0.2, 0.25) is 0 Å². The van der Waals surface area contributed by atoms with Gasteiger partial charge in [-0.2, -0.15) is 8.42 Å². The van der Waals surface area contributed by atoms with Gasteiger partial charge in [0.15, 0.2) is 163 Å². The molecule has 146 heavy (non-hydrogen) atoms. The molecular formula is C88H101BrN28O23S6. The van der Waals surface area contributed by atoms with Crippen molar-refractivity contribution in [3.8, 4) is 57.5 Å². The van der Waals surface area contributed by atoms with E-state index in [2.05, 4.69) is 121 Å². The fourth-order valence-electron chi connectivity index (χ4n) is 13.6. The first-order valence-electron chi connectivity index (χ1n) is 43.7. The van der Waals surface area contributed by atoms with Crippen molar-refractivity contribution in [3.05, 3.63) is 120 Å². The number of benzene rings is 5. The van der Waals surface area contributed by atoms with Crippen molar-refractivity contribution < 1.29 is 108 Å². The number of methoxy groups -OCH3 is 2. The molecule has 0 spiro atoms. The van der Waals surface area contributed by atoms with Crippen LogP contribution in [0.1, 0.15) is 54.5 Å². The lowest BCUT2D eigenvalue weighted by atomic mass is 10.2. The number of aryl methyl sites for hydroxylation is 5. The molecule has 0 radical (unpaired) electrons. The van der Waals surface area contributed by atoms with E-state index in [0.717, 1.165) is 98.2 Å². The molecule has 0 bridgehead atoms. The fourth-order valence-corrected chi connectivity index (χ4v) is 19.0. The molecule has 58 heteroatoms. The topological polar surface area (TPSA) is 704 Å². The third-order valence-electron chi connectivity index (χ3n) is 20.5. The van der Waals surface area contributed by atoms with Gasteiger partial charge in [0, 0.05) is 76.4 Å². The Morgan fingerprint density at radius 1 is 0.425 bits per heavy atom. The number of imidazole rings is 5. The number of nitrogen functional groups attached to an aromatic ring is 5. The van der Waals surface area contributed by atoms with Gasteiger partial charge in [-0.25, -0.2) is 80.7 Å². The van der Waals surface area contributed by atoms with Crippen molar-refractivity contribution in [3.63, 3.8) is 0 Å². The summed E-state index contributed by atoms with van der Waals surface area (Å²) in [5.74, 6) is 11.3. The third kappa shape index (κ3) is 28.0. The van der Waals surface area contributed by atoms with Crippen LogP contribution < -0.4 is 93.0 Å². The van der Waals surface area contributed by atoms with Crippen LogP contribution in [0.4, 0.5) is 29.1 Å². The van der Waals surface area contributed by atoms with E-state index in [1.165, 1.54) is 119 Å². The summed E-state index contributed by atoms with van der Waals surface area (Å²) in [6.45, 7) is 17.6. The van der Waals surface area contributed by atoms with Crippen LogP contribution in [0.25, 0.3) is 55.8 Å². The van der Waals surface area contributed by atoms with Gasteiger partial charge in [0.05, 0.1) is 59.6 Å². The summed E-state index contributed by atoms with van der Waals surface area (Å²) >= 11 is 10.4. The van der Waals surface area contributed by atoms with Crippen LogP contribution in [0.15, 0.2) is 143 Å².